The molecule has 5 heteroatoms. The second-order valence-electron chi connectivity index (χ2n) is 3.61. The van der Waals surface area contributed by atoms with Gasteiger partial charge in [-0.1, -0.05) is 0 Å². The second-order valence-corrected chi connectivity index (χ2v) is 3.92. The number of hydrogen-bond acceptors (Lipinski definition) is 2. The van der Waals surface area contributed by atoms with Crippen molar-refractivity contribution in [2.75, 3.05) is 17.3 Å². The lowest BCUT2D eigenvalue weighted by molar-refractivity contribution is -0.117. The fourth-order valence-corrected chi connectivity index (χ4v) is 1.95. The highest BCUT2D eigenvalue weighted by atomic mass is 35.5. The normalized spacial score (nSPS) is 21.0. The Balaban J connectivity index is 2.29. The van der Waals surface area contributed by atoms with Gasteiger partial charge in [-0.2, -0.15) is 0 Å². The molecule has 0 radical (unpaired) electrons. The SMILES string of the molecule is O=C1CC(CCl)CN1c1ccc[nH]c1=O. The van der Waals surface area contributed by atoms with Gasteiger partial charge in [0.2, 0.25) is 5.91 Å². The molecule has 1 aromatic rings. The molecule has 0 bridgehead atoms. The number of carbonyl (C=O) groups excluding carboxylic acids is 1. The highest BCUT2D eigenvalue weighted by Gasteiger charge is 2.30. The molecule has 1 unspecified atom stereocenters. The minimum atomic E-state index is -0.235. The van der Waals surface area contributed by atoms with E-state index in [1.807, 2.05) is 0 Å². The van der Waals surface area contributed by atoms with Crippen LogP contribution in [0.15, 0.2) is 23.1 Å². The van der Waals surface area contributed by atoms with Gasteiger partial charge in [-0.3, -0.25) is 9.59 Å². The summed E-state index contributed by atoms with van der Waals surface area (Å²) >= 11 is 5.70. The number of H-pyrrole nitrogens is 1. The monoisotopic (exact) mass is 226 g/mol. The Morgan fingerprint density at radius 1 is 1.53 bits per heavy atom. The van der Waals surface area contributed by atoms with E-state index in [-0.39, 0.29) is 17.4 Å². The molecule has 1 N–H and O–H groups in total. The molecule has 0 aliphatic carbocycles. The summed E-state index contributed by atoms with van der Waals surface area (Å²) in [5.41, 5.74) is 0.177. The summed E-state index contributed by atoms with van der Waals surface area (Å²) in [5.74, 6) is 0.573. The lowest BCUT2D eigenvalue weighted by Gasteiger charge is -2.14. The van der Waals surface area contributed by atoms with Gasteiger partial charge in [0, 0.05) is 25.0 Å². The standard InChI is InChI=1S/C10H11ClN2O2/c11-5-7-4-9(14)13(6-7)8-2-1-3-12-10(8)15/h1-3,7H,4-6H2,(H,12,15). The third-order valence-electron chi connectivity index (χ3n) is 2.51. The number of alkyl halides is 1. The lowest BCUT2D eigenvalue weighted by atomic mass is 10.1. The smallest absolute Gasteiger partial charge is 0.271 e. The molecular weight excluding hydrogens is 216 g/mol. The van der Waals surface area contributed by atoms with Crippen LogP contribution in [0.25, 0.3) is 0 Å². The van der Waals surface area contributed by atoms with Crippen molar-refractivity contribution in [2.24, 2.45) is 5.92 Å². The third kappa shape index (κ3) is 1.90. The van der Waals surface area contributed by atoms with Crippen molar-refractivity contribution < 1.29 is 4.79 Å². The molecule has 0 spiro atoms. The van der Waals surface area contributed by atoms with Crippen molar-refractivity contribution in [1.82, 2.24) is 4.98 Å². The van der Waals surface area contributed by atoms with Crippen LogP contribution in [0, 0.1) is 5.92 Å². The number of anilines is 1. The number of nitrogens with one attached hydrogen (secondary N) is 1. The first kappa shape index (κ1) is 10.2. The van der Waals surface area contributed by atoms with E-state index in [2.05, 4.69) is 4.98 Å². The van der Waals surface area contributed by atoms with Gasteiger partial charge in [-0.05, 0) is 18.1 Å². The van der Waals surface area contributed by atoms with E-state index >= 15 is 0 Å². The summed E-state index contributed by atoms with van der Waals surface area (Å²) in [4.78, 5) is 27.1. The first-order valence-electron chi connectivity index (χ1n) is 4.76. The number of carbonyl (C=O) groups is 1. The number of aromatic nitrogens is 1. The van der Waals surface area contributed by atoms with Crippen LogP contribution in [0.3, 0.4) is 0 Å². The van der Waals surface area contributed by atoms with Gasteiger partial charge in [0.05, 0.1) is 0 Å². The predicted octanol–water partition coefficient (Wildman–Crippen LogP) is 0.967. The van der Waals surface area contributed by atoms with Gasteiger partial charge in [0.15, 0.2) is 0 Å². The molecule has 1 aliphatic rings. The van der Waals surface area contributed by atoms with Gasteiger partial charge >= 0.3 is 0 Å². The number of amides is 1. The zero-order chi connectivity index (χ0) is 10.8. The summed E-state index contributed by atoms with van der Waals surface area (Å²) < 4.78 is 0. The molecule has 0 aromatic carbocycles. The molecule has 1 fully saturated rings. The maximum atomic E-state index is 11.6. The van der Waals surface area contributed by atoms with Gasteiger partial charge in [-0.15, -0.1) is 11.6 Å². The van der Waals surface area contributed by atoms with Crippen molar-refractivity contribution >= 4 is 23.2 Å². The minimum Gasteiger partial charge on any atom is -0.327 e. The van der Waals surface area contributed by atoms with Crippen LogP contribution in [0.4, 0.5) is 5.69 Å². The molecule has 80 valence electrons. The maximum Gasteiger partial charge on any atom is 0.271 e. The van der Waals surface area contributed by atoms with Gasteiger partial charge in [0.1, 0.15) is 5.69 Å². The Morgan fingerprint density at radius 2 is 2.33 bits per heavy atom. The molecular formula is C10H11ClN2O2. The molecule has 4 nitrogen and oxygen atoms in total. The largest absolute Gasteiger partial charge is 0.327 e. The van der Waals surface area contributed by atoms with E-state index in [4.69, 9.17) is 11.6 Å². The van der Waals surface area contributed by atoms with Crippen LogP contribution in [-0.4, -0.2) is 23.3 Å². The predicted molar refractivity (Wildman–Crippen MR) is 58.2 cm³/mol. The molecule has 15 heavy (non-hydrogen) atoms. The fraction of sp³-hybridized carbons (Fsp3) is 0.400. The fourth-order valence-electron chi connectivity index (χ4n) is 1.74. The maximum absolute atomic E-state index is 11.6. The Morgan fingerprint density at radius 3 is 2.93 bits per heavy atom. The molecule has 1 aliphatic heterocycles. The summed E-state index contributed by atoms with van der Waals surface area (Å²) in [6, 6.07) is 3.35. The Bertz CT molecular complexity index is 429. The zero-order valence-electron chi connectivity index (χ0n) is 8.07. The Labute approximate surface area is 91.9 Å². The van der Waals surface area contributed by atoms with Gasteiger partial charge in [0.25, 0.3) is 5.56 Å². The van der Waals surface area contributed by atoms with Crippen LogP contribution in [0.5, 0.6) is 0 Å². The summed E-state index contributed by atoms with van der Waals surface area (Å²) in [6.45, 7) is 0.537. The molecule has 2 heterocycles. The average Bonchev–Trinajstić information content (AvgIpc) is 2.60. The van der Waals surface area contributed by atoms with Crippen LogP contribution in [-0.2, 0) is 4.79 Å². The summed E-state index contributed by atoms with van der Waals surface area (Å²) in [5, 5.41) is 0. The van der Waals surface area contributed by atoms with Crippen LogP contribution < -0.4 is 10.5 Å². The number of hydrogen-bond donors (Lipinski definition) is 1. The van der Waals surface area contributed by atoms with Crippen LogP contribution in [0.2, 0.25) is 0 Å². The number of pyridine rings is 1. The van der Waals surface area contributed by atoms with E-state index < -0.39 is 0 Å². The van der Waals surface area contributed by atoms with Crippen molar-refractivity contribution in [3.63, 3.8) is 0 Å². The van der Waals surface area contributed by atoms with Crippen molar-refractivity contribution in [3.8, 4) is 0 Å². The van der Waals surface area contributed by atoms with Crippen molar-refractivity contribution in [3.05, 3.63) is 28.7 Å². The molecule has 1 amide bonds. The van der Waals surface area contributed by atoms with Crippen molar-refractivity contribution in [1.29, 1.82) is 0 Å². The molecule has 2 rings (SSSR count). The number of halogens is 1. The van der Waals surface area contributed by atoms with Crippen LogP contribution in [0.1, 0.15) is 6.42 Å². The third-order valence-corrected chi connectivity index (χ3v) is 2.95. The number of aromatic amines is 1. The topological polar surface area (TPSA) is 53.2 Å². The quantitative estimate of drug-likeness (QED) is 0.764. The molecule has 0 saturated carbocycles. The summed E-state index contributed by atoms with van der Waals surface area (Å²) in [7, 11) is 0. The van der Waals surface area contributed by atoms with Crippen LogP contribution >= 0.6 is 11.6 Å². The number of rotatable bonds is 2. The molecule has 1 atom stereocenters. The van der Waals surface area contributed by atoms with E-state index in [9.17, 15) is 9.59 Å². The molecule has 1 aromatic heterocycles. The first-order valence-corrected chi connectivity index (χ1v) is 5.30. The minimum absolute atomic E-state index is 0.0302. The van der Waals surface area contributed by atoms with Crippen molar-refractivity contribution in [2.45, 2.75) is 6.42 Å². The zero-order valence-corrected chi connectivity index (χ0v) is 8.83. The van der Waals surface area contributed by atoms with E-state index in [1.54, 1.807) is 18.3 Å². The molecule has 1 saturated heterocycles. The Hall–Kier alpha value is -1.29. The number of nitrogens with zero attached hydrogens (tertiary/aromatic N) is 1. The Kier molecular flexibility index (Phi) is 2.77. The highest BCUT2D eigenvalue weighted by Crippen LogP contribution is 2.22. The highest BCUT2D eigenvalue weighted by molar-refractivity contribution is 6.18. The van der Waals surface area contributed by atoms with Gasteiger partial charge < -0.3 is 9.88 Å². The average molecular weight is 227 g/mol. The van der Waals surface area contributed by atoms with E-state index in [0.29, 0.717) is 24.5 Å². The first-order chi connectivity index (χ1) is 7.22. The summed E-state index contributed by atoms with van der Waals surface area (Å²) in [6.07, 6.45) is 1.98. The second kappa shape index (κ2) is 4.06. The van der Waals surface area contributed by atoms with E-state index in [1.165, 1.54) is 4.90 Å². The van der Waals surface area contributed by atoms with E-state index in [0.717, 1.165) is 0 Å². The van der Waals surface area contributed by atoms with Gasteiger partial charge in [-0.25, -0.2) is 0 Å². The lowest BCUT2D eigenvalue weighted by Crippen LogP contribution is -2.30.